The molecule has 0 aromatic carbocycles. The molecule has 15 heteroatoms. The van der Waals surface area contributed by atoms with Crippen LogP contribution in [0, 0.1) is 23.2 Å². The monoisotopic (exact) mass is 567 g/mol. The van der Waals surface area contributed by atoms with Crippen LogP contribution in [0.3, 0.4) is 0 Å². The Morgan fingerprint density at radius 2 is 2.14 bits per heavy atom. The molecule has 0 spiro atoms. The molecule has 12 nitrogen and oxygen atoms in total. The van der Waals surface area contributed by atoms with Crippen LogP contribution in [0.25, 0.3) is 22.7 Å². The third kappa shape index (κ3) is 5.89. The van der Waals surface area contributed by atoms with E-state index in [4.69, 9.17) is 0 Å². The van der Waals surface area contributed by atoms with Crippen LogP contribution in [-0.4, -0.2) is 48.5 Å². The molecule has 0 bridgehead atoms. The first-order chi connectivity index (χ1) is 16.9. The average molecular weight is 568 g/mol. The van der Waals surface area contributed by atoms with E-state index in [2.05, 4.69) is 31.6 Å². The molecule has 0 aliphatic rings. The van der Waals surface area contributed by atoms with Gasteiger partial charge in [-0.25, -0.2) is 10.6 Å². The van der Waals surface area contributed by atoms with Crippen molar-refractivity contribution in [1.82, 2.24) is 29.8 Å². The summed E-state index contributed by atoms with van der Waals surface area (Å²) >= 11 is 2.47. The van der Waals surface area contributed by atoms with Gasteiger partial charge in [0.15, 0.2) is 0 Å². The molecule has 5 aromatic rings. The summed E-state index contributed by atoms with van der Waals surface area (Å²) in [5.74, 6) is 0.0581. The van der Waals surface area contributed by atoms with E-state index >= 15 is 0 Å². The number of hydrogen-bond donors (Lipinski definition) is 1. The summed E-state index contributed by atoms with van der Waals surface area (Å²) < 4.78 is 3.40. The topological polar surface area (TPSA) is 147 Å². The normalized spacial score (nSPS) is 10.3. The minimum absolute atomic E-state index is 0. The summed E-state index contributed by atoms with van der Waals surface area (Å²) in [7, 11) is 1.38. The molecule has 1 N–H and O–H groups in total. The van der Waals surface area contributed by atoms with Crippen molar-refractivity contribution in [2.24, 2.45) is 0 Å². The number of carbonyl (C=O) groups is 1. The Morgan fingerprint density at radius 3 is 2.75 bits per heavy atom. The fourth-order valence-electron chi connectivity index (χ4n) is 2.89. The molecule has 0 atom stereocenters. The van der Waals surface area contributed by atoms with Crippen LogP contribution >= 0.6 is 22.7 Å². The molecule has 0 saturated heterocycles. The van der Waals surface area contributed by atoms with E-state index in [1.807, 2.05) is 18.4 Å². The molecule has 0 radical (unpaired) electrons. The standard InChI is InChI=1S/C16H13N6O2S.C5H2NO3S.Ni/c1-10-5-13(9-25-10)22-14-12(7-18-22)6-17-16(19-14)21-4-3-11(8-21)15(23)20-24-2;7-3-4-1-2-5(10-4)6(8)9;/h3-5,7-9H,1-2H3,(H,20,23);1-2H;/q2*-1;+2. The number of hydroxylamine groups is 1. The van der Waals surface area contributed by atoms with Gasteiger partial charge in [0.05, 0.1) is 28.9 Å². The first-order valence-corrected chi connectivity index (χ1v) is 11.4. The van der Waals surface area contributed by atoms with Crippen LogP contribution in [0.15, 0.2) is 48.2 Å². The number of rotatable bonds is 6. The van der Waals surface area contributed by atoms with Crippen molar-refractivity contribution in [2.75, 3.05) is 7.11 Å². The number of thiophene rings is 2. The molecule has 0 saturated carbocycles. The predicted octanol–water partition coefficient (Wildman–Crippen LogP) is 3.18. The molecule has 186 valence electrons. The molecule has 5 aromatic heterocycles. The predicted molar refractivity (Wildman–Crippen MR) is 128 cm³/mol. The molecule has 0 aliphatic carbocycles. The Kier molecular flexibility index (Phi) is 8.77. The SMILES string of the molecule is CONC(=O)c1ccn(-c2n[c-]c3cnn(-c4csc(C)c4)c3n2)c1.O=[C-]c1ccc([N+](=O)[O-])s1.[Ni+2]. The molecule has 1 amide bonds. The number of fused-ring (bicyclic) bond motifs is 1. The quantitative estimate of drug-likeness (QED) is 0.142. The van der Waals surface area contributed by atoms with E-state index in [1.165, 1.54) is 24.1 Å². The molecule has 0 aliphatic heterocycles. The van der Waals surface area contributed by atoms with Crippen LogP contribution in [0.4, 0.5) is 5.00 Å². The number of hydrogen-bond acceptors (Lipinski definition) is 10. The molecule has 5 heterocycles. The smallest absolute Gasteiger partial charge is 0.417 e. The summed E-state index contributed by atoms with van der Waals surface area (Å²) in [5.41, 5.74) is 4.31. The Hall–Kier alpha value is -3.78. The van der Waals surface area contributed by atoms with Gasteiger partial charge in [-0.15, -0.1) is 22.7 Å². The number of aryl methyl sites for hydroxylation is 1. The molecule has 0 fully saturated rings. The van der Waals surface area contributed by atoms with Crippen molar-refractivity contribution in [3.8, 4) is 11.6 Å². The molecular weight excluding hydrogens is 553 g/mol. The van der Waals surface area contributed by atoms with Gasteiger partial charge in [0, 0.05) is 28.9 Å². The molecule has 0 unspecified atom stereocenters. The summed E-state index contributed by atoms with van der Waals surface area (Å²) in [4.78, 5) is 46.0. The van der Waals surface area contributed by atoms with Gasteiger partial charge in [-0.1, -0.05) is 16.3 Å². The molecular formula is C21H15N7NiO5S2. The number of nitrogens with zero attached hydrogens (tertiary/aromatic N) is 6. The second kappa shape index (κ2) is 11.8. The second-order valence-corrected chi connectivity index (χ2v) is 8.96. The van der Waals surface area contributed by atoms with Crippen molar-refractivity contribution in [3.63, 3.8) is 0 Å². The summed E-state index contributed by atoms with van der Waals surface area (Å²) in [6, 6.07) is 6.35. The fourth-order valence-corrected chi connectivity index (χ4v) is 4.17. The summed E-state index contributed by atoms with van der Waals surface area (Å²) in [6.45, 7) is 2.04. The van der Waals surface area contributed by atoms with Crippen molar-refractivity contribution < 1.29 is 35.8 Å². The van der Waals surface area contributed by atoms with Gasteiger partial charge in [0.25, 0.3) is 5.91 Å². The second-order valence-electron chi connectivity index (χ2n) is 6.78. The first kappa shape index (κ1) is 26.8. The van der Waals surface area contributed by atoms with E-state index < -0.39 is 4.92 Å². The van der Waals surface area contributed by atoms with Crippen LogP contribution in [-0.2, 0) is 26.1 Å². The van der Waals surface area contributed by atoms with Crippen molar-refractivity contribution in [2.45, 2.75) is 6.92 Å². The first-order valence-electron chi connectivity index (χ1n) is 9.72. The van der Waals surface area contributed by atoms with Crippen LogP contribution < -0.4 is 5.48 Å². The Labute approximate surface area is 221 Å². The Morgan fingerprint density at radius 1 is 1.33 bits per heavy atom. The van der Waals surface area contributed by atoms with Crippen LogP contribution in [0.5, 0.6) is 0 Å². The minimum atomic E-state index is -0.536. The average Bonchev–Trinajstić information content (AvgIpc) is 3.65. The van der Waals surface area contributed by atoms with E-state index in [-0.39, 0.29) is 32.3 Å². The van der Waals surface area contributed by atoms with Gasteiger partial charge in [-0.05, 0) is 31.5 Å². The number of amides is 1. The van der Waals surface area contributed by atoms with Crippen molar-refractivity contribution >= 4 is 50.9 Å². The van der Waals surface area contributed by atoms with Crippen molar-refractivity contribution in [1.29, 1.82) is 0 Å². The Bertz CT molecular complexity index is 1520. The van der Waals surface area contributed by atoms with E-state index in [0.29, 0.717) is 17.2 Å². The van der Waals surface area contributed by atoms with Gasteiger partial charge in [-0.3, -0.25) is 29.4 Å². The number of carbonyl (C=O) groups excluding carboxylic acids is 2. The zero-order valence-corrected chi connectivity index (χ0v) is 21.1. The van der Waals surface area contributed by atoms with Gasteiger partial charge < -0.3 is 14.3 Å². The van der Waals surface area contributed by atoms with E-state index in [9.17, 15) is 19.7 Å². The maximum absolute atomic E-state index is 11.8. The maximum Gasteiger partial charge on any atom is 2.00 e. The van der Waals surface area contributed by atoms with Gasteiger partial charge in [0.2, 0.25) is 0 Å². The fraction of sp³-hybridized carbons (Fsp3) is 0.0952. The van der Waals surface area contributed by atoms with E-state index in [1.54, 1.807) is 51.5 Å². The van der Waals surface area contributed by atoms with Gasteiger partial charge in [0.1, 0.15) is 5.95 Å². The molecule has 36 heavy (non-hydrogen) atoms. The number of aromatic nitrogens is 5. The number of nitrogens with one attached hydrogen (secondary N) is 1. The summed E-state index contributed by atoms with van der Waals surface area (Å²) in [6.07, 6.45) is 9.51. The largest absolute Gasteiger partial charge is 2.00 e. The maximum atomic E-state index is 11.8. The third-order valence-electron chi connectivity index (χ3n) is 4.44. The minimum Gasteiger partial charge on any atom is -0.417 e. The summed E-state index contributed by atoms with van der Waals surface area (Å²) in [5, 5.41) is 17.1. The van der Waals surface area contributed by atoms with E-state index in [0.717, 1.165) is 22.4 Å². The zero-order chi connectivity index (χ0) is 24.9. The van der Waals surface area contributed by atoms with Gasteiger partial charge in [-0.2, -0.15) is 6.07 Å². The van der Waals surface area contributed by atoms with Crippen LogP contribution in [0.1, 0.15) is 20.1 Å². The zero-order valence-electron chi connectivity index (χ0n) is 18.5. The van der Waals surface area contributed by atoms with Crippen molar-refractivity contribution in [3.05, 3.63) is 79.9 Å². The van der Waals surface area contributed by atoms with Crippen LogP contribution in [0.2, 0.25) is 0 Å². The van der Waals surface area contributed by atoms with Gasteiger partial charge >= 0.3 is 21.5 Å². The Balaban J connectivity index is 0.000000278. The number of nitro groups is 1. The molecule has 5 rings (SSSR count). The third-order valence-corrected chi connectivity index (χ3v) is 6.22.